The zero-order chi connectivity index (χ0) is 19.8. The second kappa shape index (κ2) is 10.2. The van der Waals surface area contributed by atoms with Gasteiger partial charge in [0.25, 0.3) is 0 Å². The first-order valence-electron chi connectivity index (χ1n) is 9.56. The summed E-state index contributed by atoms with van der Waals surface area (Å²) < 4.78 is 26.6. The van der Waals surface area contributed by atoms with Crippen LogP contribution in [0, 0.1) is 0 Å². The number of carbonyl (C=O) groups excluding carboxylic acids is 1. The molecule has 0 spiro atoms. The Morgan fingerprint density at radius 2 is 1.79 bits per heavy atom. The van der Waals surface area contributed by atoms with Crippen molar-refractivity contribution in [1.29, 1.82) is 0 Å². The summed E-state index contributed by atoms with van der Waals surface area (Å²) in [6, 6.07) is 14.1. The van der Waals surface area contributed by atoms with Gasteiger partial charge in [-0.3, -0.25) is 4.79 Å². The van der Waals surface area contributed by atoms with Crippen molar-refractivity contribution < 1.29 is 13.2 Å². The topological polar surface area (TPSA) is 69.7 Å². The molecule has 28 heavy (non-hydrogen) atoms. The molecule has 0 aliphatic carbocycles. The highest BCUT2D eigenvalue weighted by atomic mass is 32.2. The van der Waals surface area contributed by atoms with Crippen molar-refractivity contribution in [3.8, 4) is 0 Å². The second-order valence-corrected chi connectivity index (χ2v) is 10.0. The number of nitrogens with zero attached hydrogens (tertiary/aromatic N) is 2. The van der Waals surface area contributed by atoms with Gasteiger partial charge in [0.05, 0.1) is 12.2 Å². The molecule has 0 bridgehead atoms. The fourth-order valence-electron chi connectivity index (χ4n) is 3.25. The summed E-state index contributed by atoms with van der Waals surface area (Å²) in [7, 11) is -3.34. The van der Waals surface area contributed by atoms with Gasteiger partial charge in [-0.1, -0.05) is 36.4 Å². The van der Waals surface area contributed by atoms with Gasteiger partial charge in [0.15, 0.2) is 0 Å². The Kier molecular flexibility index (Phi) is 7.61. The summed E-state index contributed by atoms with van der Waals surface area (Å²) in [4.78, 5) is 15.2. The van der Waals surface area contributed by atoms with Gasteiger partial charge in [0, 0.05) is 44.1 Å². The van der Waals surface area contributed by atoms with Crippen molar-refractivity contribution in [2.45, 2.75) is 12.8 Å². The highest BCUT2D eigenvalue weighted by Gasteiger charge is 2.26. The van der Waals surface area contributed by atoms with Gasteiger partial charge in [-0.25, -0.2) is 8.42 Å². The minimum atomic E-state index is -3.34. The molecule has 6 nitrogen and oxygen atoms in total. The van der Waals surface area contributed by atoms with Crippen LogP contribution < -0.4 is 5.32 Å². The van der Waals surface area contributed by atoms with Gasteiger partial charge in [-0.05, 0) is 23.4 Å². The number of hydrogen-bond acceptors (Lipinski definition) is 5. The molecule has 2 aromatic rings. The molecule has 1 fully saturated rings. The Balaban J connectivity index is 1.36. The SMILES string of the molecule is O=C(Cc1cccs1)NCCS(=O)(=O)N1CCN(CCc2ccccc2)CC1. The van der Waals surface area contributed by atoms with Gasteiger partial charge in [0.1, 0.15) is 0 Å². The fourth-order valence-corrected chi connectivity index (χ4v) is 5.29. The molecule has 2 heterocycles. The van der Waals surface area contributed by atoms with E-state index in [1.165, 1.54) is 16.9 Å². The lowest BCUT2D eigenvalue weighted by Crippen LogP contribution is -2.50. The van der Waals surface area contributed by atoms with Crippen LogP contribution in [-0.4, -0.2) is 68.6 Å². The molecule has 8 heteroatoms. The van der Waals surface area contributed by atoms with Gasteiger partial charge in [-0.2, -0.15) is 4.31 Å². The van der Waals surface area contributed by atoms with Crippen molar-refractivity contribution in [3.05, 3.63) is 58.3 Å². The third kappa shape index (κ3) is 6.41. The highest BCUT2D eigenvalue weighted by molar-refractivity contribution is 7.89. The van der Waals surface area contributed by atoms with Crippen LogP contribution in [0.2, 0.25) is 0 Å². The highest BCUT2D eigenvalue weighted by Crippen LogP contribution is 2.10. The Morgan fingerprint density at radius 1 is 1.04 bits per heavy atom. The van der Waals surface area contributed by atoms with Gasteiger partial charge in [0.2, 0.25) is 15.9 Å². The van der Waals surface area contributed by atoms with Crippen LogP contribution in [0.3, 0.4) is 0 Å². The summed E-state index contributed by atoms with van der Waals surface area (Å²) in [5.74, 6) is -0.184. The molecule has 1 N–H and O–H groups in total. The largest absolute Gasteiger partial charge is 0.355 e. The molecule has 1 aromatic heterocycles. The minimum Gasteiger partial charge on any atom is -0.355 e. The molecule has 0 saturated carbocycles. The van der Waals surface area contributed by atoms with Crippen molar-refractivity contribution in [2.75, 3.05) is 45.0 Å². The maximum absolute atomic E-state index is 12.5. The minimum absolute atomic E-state index is 0.0484. The van der Waals surface area contributed by atoms with Crippen LogP contribution in [0.4, 0.5) is 0 Å². The van der Waals surface area contributed by atoms with Crippen LogP contribution in [0.15, 0.2) is 47.8 Å². The number of sulfonamides is 1. The average molecular weight is 422 g/mol. The number of amides is 1. The van der Waals surface area contributed by atoms with Crippen LogP contribution in [0.5, 0.6) is 0 Å². The van der Waals surface area contributed by atoms with Crippen molar-refractivity contribution >= 4 is 27.3 Å². The lowest BCUT2D eigenvalue weighted by molar-refractivity contribution is -0.120. The predicted molar refractivity (Wildman–Crippen MR) is 113 cm³/mol. The second-order valence-electron chi connectivity index (χ2n) is 6.90. The van der Waals surface area contributed by atoms with Gasteiger partial charge >= 0.3 is 0 Å². The zero-order valence-corrected chi connectivity index (χ0v) is 17.6. The summed E-state index contributed by atoms with van der Waals surface area (Å²) in [5, 5.41) is 4.64. The van der Waals surface area contributed by atoms with E-state index < -0.39 is 10.0 Å². The number of rotatable bonds is 9. The number of nitrogens with one attached hydrogen (secondary N) is 1. The normalized spacial score (nSPS) is 16.1. The summed E-state index contributed by atoms with van der Waals surface area (Å²) in [5.41, 5.74) is 1.30. The first-order chi connectivity index (χ1) is 13.5. The molecular weight excluding hydrogens is 394 g/mol. The number of thiophene rings is 1. The summed E-state index contributed by atoms with van der Waals surface area (Å²) in [6.45, 7) is 3.62. The third-order valence-corrected chi connectivity index (χ3v) is 7.63. The molecule has 0 unspecified atom stereocenters. The fraction of sp³-hybridized carbons (Fsp3) is 0.450. The van der Waals surface area contributed by atoms with Crippen LogP contribution in [0.1, 0.15) is 10.4 Å². The molecular formula is C20H27N3O3S2. The molecule has 3 rings (SSSR count). The lowest BCUT2D eigenvalue weighted by atomic mass is 10.1. The van der Waals surface area contributed by atoms with Crippen molar-refractivity contribution in [2.24, 2.45) is 0 Å². The number of hydrogen-bond donors (Lipinski definition) is 1. The van der Waals surface area contributed by atoms with E-state index in [1.807, 2.05) is 35.7 Å². The van der Waals surface area contributed by atoms with E-state index in [1.54, 1.807) is 4.31 Å². The van der Waals surface area contributed by atoms with E-state index in [2.05, 4.69) is 22.3 Å². The predicted octanol–water partition coefficient (Wildman–Crippen LogP) is 1.60. The average Bonchev–Trinajstić information content (AvgIpc) is 3.20. The smallest absolute Gasteiger partial charge is 0.225 e. The van der Waals surface area contributed by atoms with E-state index in [4.69, 9.17) is 0 Å². The molecule has 1 aliphatic rings. The first-order valence-corrected chi connectivity index (χ1v) is 12.0. The molecule has 1 saturated heterocycles. The zero-order valence-electron chi connectivity index (χ0n) is 15.9. The maximum atomic E-state index is 12.5. The van der Waals surface area contributed by atoms with Crippen LogP contribution in [0.25, 0.3) is 0 Å². The Bertz CT molecular complexity index is 831. The summed E-state index contributed by atoms with van der Waals surface area (Å²) >= 11 is 1.52. The Labute approximate surface area is 171 Å². The Morgan fingerprint density at radius 3 is 2.46 bits per heavy atom. The third-order valence-electron chi connectivity index (χ3n) is 4.88. The van der Waals surface area contributed by atoms with Gasteiger partial charge < -0.3 is 10.2 Å². The number of benzene rings is 1. The van der Waals surface area contributed by atoms with E-state index in [0.29, 0.717) is 19.5 Å². The lowest BCUT2D eigenvalue weighted by Gasteiger charge is -2.34. The molecule has 0 radical (unpaired) electrons. The van der Waals surface area contributed by atoms with E-state index in [9.17, 15) is 13.2 Å². The monoisotopic (exact) mass is 421 g/mol. The van der Waals surface area contributed by atoms with Gasteiger partial charge in [-0.15, -0.1) is 11.3 Å². The van der Waals surface area contributed by atoms with Crippen molar-refractivity contribution in [3.63, 3.8) is 0 Å². The maximum Gasteiger partial charge on any atom is 0.225 e. The molecule has 0 atom stereocenters. The number of carbonyl (C=O) groups is 1. The standard InChI is InChI=1S/C20H27N3O3S2/c24-20(17-19-7-4-15-27-19)21-9-16-28(25,26)23-13-11-22(12-14-23)10-8-18-5-2-1-3-6-18/h1-7,15H,8-14,16-17H2,(H,21,24). The van der Waals surface area contributed by atoms with Crippen LogP contribution in [-0.2, 0) is 27.7 Å². The number of piperazine rings is 1. The molecule has 1 amide bonds. The van der Waals surface area contributed by atoms with Crippen molar-refractivity contribution in [1.82, 2.24) is 14.5 Å². The van der Waals surface area contributed by atoms with E-state index >= 15 is 0 Å². The molecule has 152 valence electrons. The Hall–Kier alpha value is -1.74. The quantitative estimate of drug-likeness (QED) is 0.668. The molecule has 1 aliphatic heterocycles. The molecule has 1 aromatic carbocycles. The van der Waals surface area contributed by atoms with E-state index in [0.717, 1.165) is 30.9 Å². The first kappa shape index (κ1) is 21.0. The van der Waals surface area contributed by atoms with Crippen LogP contribution >= 0.6 is 11.3 Å². The van der Waals surface area contributed by atoms with E-state index in [-0.39, 0.29) is 18.2 Å². The summed E-state index contributed by atoms with van der Waals surface area (Å²) in [6.07, 6.45) is 1.28.